The van der Waals surface area contributed by atoms with Crippen molar-refractivity contribution in [1.29, 1.82) is 0 Å². The Labute approximate surface area is 225 Å². The third kappa shape index (κ3) is 11.2. The largest absolute Gasteiger partial charge is 0.434 e. The fraction of sp³-hybridized carbons (Fsp3) is 0.333. The van der Waals surface area contributed by atoms with E-state index in [-0.39, 0.29) is 18.3 Å². The van der Waals surface area contributed by atoms with E-state index >= 15 is 0 Å². The second-order valence-electron chi connectivity index (χ2n) is 7.68. The fourth-order valence-corrected chi connectivity index (χ4v) is 3.07. The van der Waals surface area contributed by atoms with E-state index in [0.717, 1.165) is 11.8 Å². The van der Waals surface area contributed by atoms with Crippen LogP contribution in [0.5, 0.6) is 0 Å². The Hall–Kier alpha value is -3.87. The maximum absolute atomic E-state index is 12.2. The molecule has 3 heterocycles. The average Bonchev–Trinajstić information content (AvgIpc) is 2.93. The van der Waals surface area contributed by atoms with E-state index in [2.05, 4.69) is 33.4 Å². The average molecular weight is 550 g/mol. The molecular formula is C27H34F3N5O4. The summed E-state index contributed by atoms with van der Waals surface area (Å²) in [6.45, 7) is 11.8. The second-order valence-corrected chi connectivity index (χ2v) is 7.68. The first-order valence-electron chi connectivity index (χ1n) is 12.1. The summed E-state index contributed by atoms with van der Waals surface area (Å²) >= 11 is 0. The number of allylic oxidation sites excluding steroid dienone is 6. The molecule has 0 aromatic carbocycles. The number of pyridine rings is 1. The molecule has 212 valence electrons. The number of hydrogen-bond acceptors (Lipinski definition) is 8. The van der Waals surface area contributed by atoms with Gasteiger partial charge in [0.1, 0.15) is 18.0 Å². The Morgan fingerprint density at radius 2 is 1.92 bits per heavy atom. The summed E-state index contributed by atoms with van der Waals surface area (Å²) in [5.41, 5.74) is 5.85. The third-order valence-corrected chi connectivity index (χ3v) is 4.96. The minimum Gasteiger partial charge on any atom is -0.390 e. The van der Waals surface area contributed by atoms with Crippen LogP contribution >= 0.6 is 0 Å². The number of nitrogens with one attached hydrogen (secondary N) is 1. The van der Waals surface area contributed by atoms with Crippen molar-refractivity contribution in [3.63, 3.8) is 0 Å². The zero-order chi connectivity index (χ0) is 29.4. The van der Waals surface area contributed by atoms with E-state index in [1.807, 2.05) is 26.0 Å². The van der Waals surface area contributed by atoms with Gasteiger partial charge in [-0.1, -0.05) is 57.4 Å². The number of ether oxygens (including phenoxy) is 1. The van der Waals surface area contributed by atoms with Gasteiger partial charge in [0.05, 0.1) is 29.8 Å². The quantitative estimate of drug-likeness (QED) is 0.383. The van der Waals surface area contributed by atoms with E-state index in [1.54, 1.807) is 30.4 Å². The van der Waals surface area contributed by atoms with Crippen LogP contribution in [0.15, 0.2) is 74.3 Å². The van der Waals surface area contributed by atoms with E-state index in [0.29, 0.717) is 30.5 Å². The van der Waals surface area contributed by atoms with Crippen molar-refractivity contribution >= 4 is 17.3 Å². The van der Waals surface area contributed by atoms with Crippen LogP contribution in [0.2, 0.25) is 0 Å². The number of aliphatic hydroxyl groups is 2. The molecule has 1 aliphatic heterocycles. The molecule has 0 saturated carbocycles. The highest BCUT2D eigenvalue weighted by Gasteiger charge is 2.33. The SMILES string of the molecule is C=C/C=C\C(=C/C=C)c1ccc(C(=O)NCC2OCCC(O)C2O)cn1.CC.Nc1cncc(C(F)(F)F)n1. The minimum absolute atomic E-state index is 0.114. The van der Waals surface area contributed by atoms with Gasteiger partial charge in [0.2, 0.25) is 0 Å². The van der Waals surface area contributed by atoms with Gasteiger partial charge in [-0.3, -0.25) is 14.8 Å². The molecule has 3 unspecified atom stereocenters. The van der Waals surface area contributed by atoms with Gasteiger partial charge in [0.15, 0.2) is 5.69 Å². The first kappa shape index (κ1) is 33.2. The molecule has 3 atom stereocenters. The fourth-order valence-electron chi connectivity index (χ4n) is 3.07. The summed E-state index contributed by atoms with van der Waals surface area (Å²) in [6, 6.07) is 3.41. The molecular weight excluding hydrogens is 515 g/mol. The van der Waals surface area contributed by atoms with Crippen LogP contribution in [-0.4, -0.2) is 62.5 Å². The molecule has 1 aliphatic rings. The lowest BCUT2D eigenvalue weighted by Crippen LogP contribution is -2.49. The third-order valence-electron chi connectivity index (χ3n) is 4.96. The number of anilines is 1. The number of hydrogen-bond donors (Lipinski definition) is 4. The molecule has 2 aromatic rings. The number of nitrogens with two attached hydrogens (primary N) is 1. The first-order valence-corrected chi connectivity index (χ1v) is 12.1. The van der Waals surface area contributed by atoms with Gasteiger partial charge in [-0.15, -0.1) is 0 Å². The Bertz CT molecular complexity index is 1120. The first-order chi connectivity index (χ1) is 18.6. The molecule has 5 N–H and O–H groups in total. The number of aromatic nitrogens is 3. The lowest BCUT2D eigenvalue weighted by Gasteiger charge is -2.32. The van der Waals surface area contributed by atoms with Crippen LogP contribution in [0.3, 0.4) is 0 Å². The number of nitrogen functional groups attached to an aromatic ring is 1. The number of alkyl halides is 3. The zero-order valence-corrected chi connectivity index (χ0v) is 21.8. The van der Waals surface area contributed by atoms with Crippen molar-refractivity contribution in [3.8, 4) is 0 Å². The van der Waals surface area contributed by atoms with Crippen molar-refractivity contribution in [2.75, 3.05) is 18.9 Å². The van der Waals surface area contributed by atoms with Gasteiger partial charge in [-0.05, 0) is 18.6 Å². The number of amides is 1. The standard InChI is InChI=1S/C20H24N2O4.C5H4F3N3.C2H6/c1-3-5-7-14(6-4-2)16-9-8-15(12-21-16)20(25)22-13-18-19(24)17(23)10-11-26-18;6-5(7,8)3-1-10-2-4(9)11-3;1-2/h3-9,12,17-19,23-24H,1-2,10-11,13H2,(H,22,25);1-2H,(H2,9,11);1-2H3/b7-5-,14-6+;;. The number of halogens is 3. The van der Waals surface area contributed by atoms with E-state index in [9.17, 15) is 28.2 Å². The number of nitrogens with zero attached hydrogens (tertiary/aromatic N) is 3. The molecule has 0 bridgehead atoms. The lowest BCUT2D eigenvalue weighted by atomic mass is 10.0. The topological polar surface area (TPSA) is 143 Å². The van der Waals surface area contributed by atoms with Crippen LogP contribution in [-0.2, 0) is 10.9 Å². The summed E-state index contributed by atoms with van der Waals surface area (Å²) in [5, 5.41) is 22.2. The molecule has 2 aromatic heterocycles. The van der Waals surface area contributed by atoms with Gasteiger partial charge >= 0.3 is 6.18 Å². The number of rotatable bonds is 7. The Morgan fingerprint density at radius 1 is 1.21 bits per heavy atom. The van der Waals surface area contributed by atoms with Gasteiger partial charge in [0, 0.05) is 24.9 Å². The van der Waals surface area contributed by atoms with E-state index < -0.39 is 30.2 Å². The highest BCUT2D eigenvalue weighted by atomic mass is 19.4. The van der Waals surface area contributed by atoms with E-state index in [4.69, 9.17) is 10.5 Å². The molecule has 3 rings (SSSR count). The van der Waals surface area contributed by atoms with Gasteiger partial charge in [0.25, 0.3) is 5.91 Å². The molecule has 1 saturated heterocycles. The Balaban J connectivity index is 0.000000487. The van der Waals surface area contributed by atoms with Crippen LogP contribution in [0.4, 0.5) is 19.0 Å². The lowest BCUT2D eigenvalue weighted by molar-refractivity contribution is -0.141. The monoisotopic (exact) mass is 549 g/mol. The second kappa shape index (κ2) is 16.9. The maximum Gasteiger partial charge on any atom is 0.434 e. The Morgan fingerprint density at radius 3 is 2.46 bits per heavy atom. The predicted molar refractivity (Wildman–Crippen MR) is 143 cm³/mol. The highest BCUT2D eigenvalue weighted by molar-refractivity contribution is 5.94. The predicted octanol–water partition coefficient (Wildman–Crippen LogP) is 3.74. The smallest absolute Gasteiger partial charge is 0.390 e. The van der Waals surface area contributed by atoms with Gasteiger partial charge in [-0.25, -0.2) is 4.98 Å². The summed E-state index contributed by atoms with van der Waals surface area (Å²) in [4.78, 5) is 22.8. The van der Waals surface area contributed by atoms with Crippen LogP contribution < -0.4 is 11.1 Å². The maximum atomic E-state index is 12.2. The van der Waals surface area contributed by atoms with Crippen molar-refractivity contribution in [2.24, 2.45) is 0 Å². The summed E-state index contributed by atoms with van der Waals surface area (Å²) in [5.74, 6) is -0.560. The van der Waals surface area contributed by atoms with Crippen molar-refractivity contribution in [3.05, 3.63) is 91.2 Å². The van der Waals surface area contributed by atoms with Crippen molar-refractivity contribution < 1.29 is 32.9 Å². The Kier molecular flexibility index (Phi) is 14.3. The molecule has 1 fully saturated rings. The molecule has 9 nitrogen and oxygen atoms in total. The number of carbonyl (C=O) groups is 1. The summed E-state index contributed by atoms with van der Waals surface area (Å²) < 4.78 is 40.8. The molecule has 0 radical (unpaired) electrons. The minimum atomic E-state index is -4.47. The van der Waals surface area contributed by atoms with Gasteiger partial charge in [-0.2, -0.15) is 13.2 Å². The van der Waals surface area contributed by atoms with Crippen molar-refractivity contribution in [2.45, 2.75) is 44.8 Å². The van der Waals surface area contributed by atoms with Crippen LogP contribution in [0, 0.1) is 0 Å². The number of carbonyl (C=O) groups excluding carboxylic acids is 1. The van der Waals surface area contributed by atoms with E-state index in [1.165, 1.54) is 6.20 Å². The molecule has 1 amide bonds. The summed E-state index contributed by atoms with van der Waals surface area (Å²) in [6.07, 6.45) is 5.40. The summed E-state index contributed by atoms with van der Waals surface area (Å²) in [7, 11) is 0. The van der Waals surface area contributed by atoms with Crippen LogP contribution in [0.25, 0.3) is 5.57 Å². The molecule has 0 aliphatic carbocycles. The normalized spacial score (nSPS) is 19.2. The van der Waals surface area contributed by atoms with Crippen molar-refractivity contribution in [1.82, 2.24) is 20.3 Å². The highest BCUT2D eigenvalue weighted by Crippen LogP contribution is 2.26. The molecule has 12 heteroatoms. The molecule has 0 spiro atoms. The molecule has 39 heavy (non-hydrogen) atoms. The van der Waals surface area contributed by atoms with Gasteiger partial charge < -0.3 is 26.0 Å². The zero-order valence-electron chi connectivity index (χ0n) is 21.8. The number of aliphatic hydroxyl groups excluding tert-OH is 2. The van der Waals surface area contributed by atoms with Crippen LogP contribution in [0.1, 0.15) is 42.0 Å².